The number of aromatic nitrogens is 3. The van der Waals surface area contributed by atoms with Gasteiger partial charge in [-0.15, -0.1) is 0 Å². The molecule has 1 spiro atoms. The number of nitrogens with zero attached hydrogens (tertiary/aromatic N) is 3. The van der Waals surface area contributed by atoms with Crippen LogP contribution >= 0.6 is 12.2 Å². The quantitative estimate of drug-likeness (QED) is 0.641. The van der Waals surface area contributed by atoms with Crippen molar-refractivity contribution in [1.82, 2.24) is 15.0 Å². The highest BCUT2D eigenvalue weighted by Gasteiger charge is 2.45. The van der Waals surface area contributed by atoms with Crippen molar-refractivity contribution in [2.75, 3.05) is 18.0 Å². The van der Waals surface area contributed by atoms with Crippen molar-refractivity contribution >= 4 is 29.2 Å². The third kappa shape index (κ3) is 2.45. The van der Waals surface area contributed by atoms with Crippen LogP contribution in [0.5, 0.6) is 0 Å². The average molecular weight is 363 g/mol. The summed E-state index contributed by atoms with van der Waals surface area (Å²) in [6, 6.07) is 12.8. The zero-order valence-corrected chi connectivity index (χ0v) is 15.7. The lowest BCUT2D eigenvalue weighted by atomic mass is 9.70. The maximum absolute atomic E-state index is 5.16. The fourth-order valence-corrected chi connectivity index (χ4v) is 5.01. The van der Waals surface area contributed by atoms with E-state index in [1.54, 1.807) is 11.1 Å². The van der Waals surface area contributed by atoms with Crippen LogP contribution in [0.4, 0.5) is 5.82 Å². The van der Waals surface area contributed by atoms with E-state index in [1.165, 1.54) is 19.3 Å². The first-order valence-electron chi connectivity index (χ1n) is 9.33. The molecule has 3 aromatic rings. The Morgan fingerprint density at radius 3 is 2.77 bits per heavy atom. The molecular weight excluding hydrogens is 340 g/mol. The number of benzene rings is 1. The second kappa shape index (κ2) is 5.88. The van der Waals surface area contributed by atoms with E-state index in [9.17, 15) is 0 Å². The second-order valence-corrected chi connectivity index (χ2v) is 8.17. The number of H-pyrrole nitrogens is 1. The highest BCUT2D eigenvalue weighted by molar-refractivity contribution is 7.71. The van der Waals surface area contributed by atoms with Gasteiger partial charge in [0.2, 0.25) is 0 Å². The van der Waals surface area contributed by atoms with Crippen molar-refractivity contribution in [2.24, 2.45) is 5.41 Å². The highest BCUT2D eigenvalue weighted by atomic mass is 32.1. The van der Waals surface area contributed by atoms with E-state index >= 15 is 0 Å². The summed E-state index contributed by atoms with van der Waals surface area (Å²) in [6.45, 7) is 4.50. The Morgan fingerprint density at radius 2 is 1.96 bits per heavy atom. The molecule has 0 radical (unpaired) electrons. The summed E-state index contributed by atoms with van der Waals surface area (Å²) in [5, 5.41) is 0. The van der Waals surface area contributed by atoms with Gasteiger partial charge in [0.1, 0.15) is 16.0 Å². The van der Waals surface area contributed by atoms with Gasteiger partial charge >= 0.3 is 0 Å². The van der Waals surface area contributed by atoms with Gasteiger partial charge in [-0.25, -0.2) is 9.97 Å². The summed E-state index contributed by atoms with van der Waals surface area (Å²) in [6.07, 6.45) is 5.51. The summed E-state index contributed by atoms with van der Waals surface area (Å²) in [5.74, 6) is 1.62. The molecule has 1 N–H and O–H groups in total. The summed E-state index contributed by atoms with van der Waals surface area (Å²) < 4.78 is 0.689. The first-order chi connectivity index (χ1) is 12.6. The number of nitrogens with one attached hydrogen (secondary N) is 1. The van der Waals surface area contributed by atoms with Crippen LogP contribution in [0.1, 0.15) is 36.8 Å². The minimum absolute atomic E-state index is 0.412. The molecule has 3 heterocycles. The molecule has 26 heavy (non-hydrogen) atoms. The van der Waals surface area contributed by atoms with Gasteiger partial charge in [0.25, 0.3) is 0 Å². The molecular formula is C21H22N4S. The van der Waals surface area contributed by atoms with Crippen molar-refractivity contribution < 1.29 is 0 Å². The zero-order valence-electron chi connectivity index (χ0n) is 14.9. The number of fused-ring (bicyclic) bond motifs is 2. The monoisotopic (exact) mass is 362 g/mol. The molecule has 2 aromatic heterocycles. The SMILES string of the molecule is C[C@@H]1c2ccccc2CC12CCN(c1cnc3[nH]c(=S)ccc3n1)CC2. The molecule has 1 aliphatic carbocycles. The minimum atomic E-state index is 0.412. The van der Waals surface area contributed by atoms with Gasteiger partial charge in [0.05, 0.1) is 6.20 Å². The summed E-state index contributed by atoms with van der Waals surface area (Å²) in [7, 11) is 0. The molecule has 1 atom stereocenters. The van der Waals surface area contributed by atoms with Crippen molar-refractivity contribution in [1.29, 1.82) is 0 Å². The molecule has 1 saturated heterocycles. The average Bonchev–Trinajstić information content (AvgIpc) is 2.94. The number of anilines is 1. The van der Waals surface area contributed by atoms with Crippen molar-refractivity contribution in [2.45, 2.75) is 32.1 Å². The van der Waals surface area contributed by atoms with Crippen LogP contribution in [0.25, 0.3) is 11.2 Å². The molecule has 4 nitrogen and oxygen atoms in total. The molecule has 5 rings (SSSR count). The van der Waals surface area contributed by atoms with Crippen LogP contribution in [0.3, 0.4) is 0 Å². The van der Waals surface area contributed by atoms with Crippen LogP contribution < -0.4 is 4.90 Å². The highest BCUT2D eigenvalue weighted by Crippen LogP contribution is 2.53. The van der Waals surface area contributed by atoms with Crippen LogP contribution in [0, 0.1) is 10.1 Å². The fourth-order valence-electron chi connectivity index (χ4n) is 4.84. The first kappa shape index (κ1) is 15.9. The number of hydrogen-bond acceptors (Lipinski definition) is 4. The van der Waals surface area contributed by atoms with E-state index in [-0.39, 0.29) is 0 Å². The Bertz CT molecular complexity index is 1030. The van der Waals surface area contributed by atoms with Crippen molar-refractivity contribution in [3.63, 3.8) is 0 Å². The lowest BCUT2D eigenvalue weighted by Crippen LogP contribution is -2.42. The summed E-state index contributed by atoms with van der Waals surface area (Å²) >= 11 is 5.16. The van der Waals surface area contributed by atoms with E-state index in [2.05, 4.69) is 46.1 Å². The van der Waals surface area contributed by atoms with E-state index < -0.39 is 0 Å². The van der Waals surface area contributed by atoms with Gasteiger partial charge in [0, 0.05) is 13.1 Å². The normalized spacial score (nSPS) is 21.3. The largest absolute Gasteiger partial charge is 0.355 e. The summed E-state index contributed by atoms with van der Waals surface area (Å²) in [4.78, 5) is 14.8. The molecule has 2 aliphatic rings. The minimum Gasteiger partial charge on any atom is -0.355 e. The topological polar surface area (TPSA) is 44.8 Å². The lowest BCUT2D eigenvalue weighted by Gasteiger charge is -2.42. The Hall–Kier alpha value is -2.27. The Kier molecular flexibility index (Phi) is 3.60. The molecule has 1 fully saturated rings. The number of piperidine rings is 1. The summed E-state index contributed by atoms with van der Waals surface area (Å²) in [5.41, 5.74) is 5.15. The second-order valence-electron chi connectivity index (χ2n) is 7.73. The van der Waals surface area contributed by atoms with Gasteiger partial charge in [-0.1, -0.05) is 43.4 Å². The van der Waals surface area contributed by atoms with Gasteiger partial charge < -0.3 is 9.88 Å². The number of pyridine rings is 1. The molecule has 1 aliphatic heterocycles. The van der Waals surface area contributed by atoms with E-state index in [4.69, 9.17) is 17.2 Å². The molecule has 0 amide bonds. The van der Waals surface area contributed by atoms with Crippen LogP contribution in [-0.2, 0) is 6.42 Å². The van der Waals surface area contributed by atoms with Gasteiger partial charge in [-0.3, -0.25) is 0 Å². The van der Waals surface area contributed by atoms with E-state index in [0.29, 0.717) is 16.0 Å². The maximum Gasteiger partial charge on any atom is 0.157 e. The van der Waals surface area contributed by atoms with Crippen LogP contribution in [0.15, 0.2) is 42.6 Å². The zero-order chi connectivity index (χ0) is 17.7. The molecule has 0 saturated carbocycles. The van der Waals surface area contributed by atoms with Crippen molar-refractivity contribution in [3.8, 4) is 0 Å². The Labute approximate surface area is 158 Å². The van der Waals surface area contributed by atoms with E-state index in [0.717, 1.165) is 30.1 Å². The van der Waals surface area contributed by atoms with Gasteiger partial charge in [-0.2, -0.15) is 0 Å². The maximum atomic E-state index is 5.16. The standard InChI is InChI=1S/C21H22N4S/c1-14-16-5-3-2-4-15(16)12-21(14)8-10-25(11-9-21)18-13-22-20-17(23-18)6-7-19(26)24-20/h2-7,13-14H,8-12H2,1H3,(H,22,24,26)/t14-/m1/s1. The Balaban J connectivity index is 1.38. The third-order valence-electron chi connectivity index (χ3n) is 6.49. The van der Waals surface area contributed by atoms with E-state index in [1.807, 2.05) is 18.3 Å². The predicted molar refractivity (Wildman–Crippen MR) is 107 cm³/mol. The smallest absolute Gasteiger partial charge is 0.157 e. The molecule has 5 heteroatoms. The van der Waals surface area contributed by atoms with Gasteiger partial charge in [-0.05, 0) is 53.9 Å². The molecule has 0 unspecified atom stereocenters. The molecule has 1 aromatic carbocycles. The molecule has 0 bridgehead atoms. The number of aromatic amines is 1. The fraction of sp³-hybridized carbons (Fsp3) is 0.381. The van der Waals surface area contributed by atoms with Crippen molar-refractivity contribution in [3.05, 3.63) is 58.4 Å². The number of hydrogen-bond donors (Lipinski definition) is 1. The Morgan fingerprint density at radius 1 is 1.15 bits per heavy atom. The lowest BCUT2D eigenvalue weighted by molar-refractivity contribution is 0.194. The van der Waals surface area contributed by atoms with Gasteiger partial charge in [0.15, 0.2) is 5.65 Å². The number of rotatable bonds is 1. The van der Waals surface area contributed by atoms with Crippen LogP contribution in [-0.4, -0.2) is 28.0 Å². The third-order valence-corrected chi connectivity index (χ3v) is 6.72. The predicted octanol–water partition coefficient (Wildman–Crippen LogP) is 4.63. The van der Waals surface area contributed by atoms with Crippen LogP contribution in [0.2, 0.25) is 0 Å². The first-order valence-corrected chi connectivity index (χ1v) is 9.74. The molecule has 132 valence electrons.